The van der Waals surface area contributed by atoms with Gasteiger partial charge in [0, 0.05) is 31.7 Å². The molecule has 1 N–H and O–H groups in total. The summed E-state index contributed by atoms with van der Waals surface area (Å²) in [6, 6.07) is 1.44. The van der Waals surface area contributed by atoms with Crippen LogP contribution in [0, 0.1) is 5.92 Å². The molecule has 104 valence electrons. The van der Waals surface area contributed by atoms with Gasteiger partial charge in [0.15, 0.2) is 0 Å². The van der Waals surface area contributed by atoms with Gasteiger partial charge in [0.05, 0.1) is 12.7 Å². The van der Waals surface area contributed by atoms with Gasteiger partial charge in [-0.15, -0.1) is 0 Å². The lowest BCUT2D eigenvalue weighted by Gasteiger charge is -2.44. The van der Waals surface area contributed by atoms with Gasteiger partial charge in [0.25, 0.3) is 0 Å². The third-order valence-corrected chi connectivity index (χ3v) is 5.04. The molecule has 3 unspecified atom stereocenters. The van der Waals surface area contributed by atoms with Crippen LogP contribution in [0.4, 0.5) is 0 Å². The van der Waals surface area contributed by atoms with Crippen LogP contribution in [-0.2, 0) is 4.74 Å². The molecular weight excluding hydrogens is 224 g/mol. The van der Waals surface area contributed by atoms with Crippen LogP contribution in [0.1, 0.15) is 45.4 Å². The molecule has 0 spiro atoms. The highest BCUT2D eigenvalue weighted by Gasteiger charge is 2.34. The van der Waals surface area contributed by atoms with Crippen molar-refractivity contribution in [1.82, 2.24) is 10.2 Å². The fraction of sp³-hybridized carbons (Fsp3) is 1.00. The van der Waals surface area contributed by atoms with Crippen LogP contribution in [0.15, 0.2) is 0 Å². The van der Waals surface area contributed by atoms with Crippen molar-refractivity contribution in [3.8, 4) is 0 Å². The van der Waals surface area contributed by atoms with Crippen molar-refractivity contribution in [3.63, 3.8) is 0 Å². The maximum absolute atomic E-state index is 5.93. The summed E-state index contributed by atoms with van der Waals surface area (Å²) in [5, 5.41) is 3.70. The summed E-state index contributed by atoms with van der Waals surface area (Å²) in [6.07, 6.45) is 8.81. The van der Waals surface area contributed by atoms with Gasteiger partial charge in [-0.3, -0.25) is 4.90 Å². The number of hydrogen-bond donors (Lipinski definition) is 1. The molecule has 1 heterocycles. The van der Waals surface area contributed by atoms with Gasteiger partial charge in [0.1, 0.15) is 0 Å². The quantitative estimate of drug-likeness (QED) is 0.810. The summed E-state index contributed by atoms with van der Waals surface area (Å²) in [5.74, 6) is 0.970. The highest BCUT2D eigenvalue weighted by molar-refractivity contribution is 4.88. The first-order chi connectivity index (χ1) is 8.84. The molecule has 0 amide bonds. The number of hydrogen-bond acceptors (Lipinski definition) is 3. The smallest absolute Gasteiger partial charge is 0.0730 e. The Bertz CT molecular complexity index is 265. The molecule has 2 aliphatic carbocycles. The number of nitrogens with zero attached hydrogens (tertiary/aromatic N) is 1. The van der Waals surface area contributed by atoms with Gasteiger partial charge in [-0.2, -0.15) is 0 Å². The predicted molar refractivity (Wildman–Crippen MR) is 73.8 cm³/mol. The van der Waals surface area contributed by atoms with Crippen LogP contribution < -0.4 is 5.32 Å². The standard InChI is InChI=1S/C15H28N2O/c1-12(13-6-7-13)16-8-9-17-10-11-18-15-5-3-2-4-14(15)17/h12-16H,2-11H2,1H3. The minimum Gasteiger partial charge on any atom is -0.375 e. The van der Waals surface area contributed by atoms with Gasteiger partial charge in [-0.05, 0) is 38.5 Å². The van der Waals surface area contributed by atoms with E-state index in [-0.39, 0.29) is 0 Å². The van der Waals surface area contributed by atoms with Gasteiger partial charge < -0.3 is 10.1 Å². The zero-order chi connectivity index (χ0) is 12.4. The van der Waals surface area contributed by atoms with E-state index in [0.29, 0.717) is 12.1 Å². The summed E-state index contributed by atoms with van der Waals surface area (Å²) in [4.78, 5) is 2.68. The molecule has 2 saturated carbocycles. The van der Waals surface area contributed by atoms with Gasteiger partial charge in [-0.25, -0.2) is 0 Å². The van der Waals surface area contributed by atoms with E-state index in [1.807, 2.05) is 0 Å². The number of morpholine rings is 1. The van der Waals surface area contributed by atoms with Crippen molar-refractivity contribution < 1.29 is 4.74 Å². The normalized spacial score (nSPS) is 35.2. The molecule has 3 fully saturated rings. The topological polar surface area (TPSA) is 24.5 Å². The largest absolute Gasteiger partial charge is 0.375 e. The first kappa shape index (κ1) is 12.9. The van der Waals surface area contributed by atoms with Crippen molar-refractivity contribution in [2.75, 3.05) is 26.2 Å². The first-order valence-electron chi connectivity index (χ1n) is 7.93. The Morgan fingerprint density at radius 3 is 2.89 bits per heavy atom. The van der Waals surface area contributed by atoms with Crippen molar-refractivity contribution >= 4 is 0 Å². The molecule has 0 aromatic heterocycles. The summed E-state index contributed by atoms with van der Waals surface area (Å²) < 4.78 is 5.93. The molecule has 3 aliphatic rings. The van der Waals surface area contributed by atoms with E-state index in [1.165, 1.54) is 45.1 Å². The second kappa shape index (κ2) is 5.89. The number of nitrogens with one attached hydrogen (secondary N) is 1. The maximum Gasteiger partial charge on any atom is 0.0730 e. The summed E-state index contributed by atoms with van der Waals surface area (Å²) in [7, 11) is 0. The third-order valence-electron chi connectivity index (χ3n) is 5.04. The van der Waals surface area contributed by atoms with Gasteiger partial charge in [-0.1, -0.05) is 12.8 Å². The predicted octanol–water partition coefficient (Wildman–Crippen LogP) is 2.02. The fourth-order valence-corrected chi connectivity index (χ4v) is 3.65. The monoisotopic (exact) mass is 252 g/mol. The van der Waals surface area contributed by atoms with E-state index in [4.69, 9.17) is 4.74 Å². The molecule has 0 radical (unpaired) electrons. The van der Waals surface area contributed by atoms with Crippen LogP contribution in [-0.4, -0.2) is 49.3 Å². The molecule has 0 aromatic rings. The van der Waals surface area contributed by atoms with Gasteiger partial charge >= 0.3 is 0 Å². The zero-order valence-electron chi connectivity index (χ0n) is 11.7. The van der Waals surface area contributed by atoms with Gasteiger partial charge in [0.2, 0.25) is 0 Å². The lowest BCUT2D eigenvalue weighted by molar-refractivity contribution is -0.0875. The zero-order valence-corrected chi connectivity index (χ0v) is 11.7. The maximum atomic E-state index is 5.93. The van der Waals surface area contributed by atoms with E-state index in [1.54, 1.807) is 0 Å². The minimum atomic E-state index is 0.536. The Morgan fingerprint density at radius 2 is 2.06 bits per heavy atom. The molecule has 18 heavy (non-hydrogen) atoms. The van der Waals surface area contributed by atoms with Crippen LogP contribution in [0.5, 0.6) is 0 Å². The molecule has 3 atom stereocenters. The Balaban J connectivity index is 1.42. The number of fused-ring (bicyclic) bond motifs is 1. The molecule has 3 nitrogen and oxygen atoms in total. The second-order valence-electron chi connectivity index (χ2n) is 6.38. The lowest BCUT2D eigenvalue weighted by Crippen LogP contribution is -2.54. The molecule has 1 saturated heterocycles. The highest BCUT2D eigenvalue weighted by atomic mass is 16.5. The van der Waals surface area contributed by atoms with E-state index >= 15 is 0 Å². The van der Waals surface area contributed by atoms with Crippen LogP contribution in [0.2, 0.25) is 0 Å². The highest BCUT2D eigenvalue weighted by Crippen LogP contribution is 2.32. The summed E-state index contributed by atoms with van der Waals surface area (Å²) in [5.41, 5.74) is 0. The van der Waals surface area contributed by atoms with E-state index < -0.39 is 0 Å². The van der Waals surface area contributed by atoms with Crippen LogP contribution >= 0.6 is 0 Å². The first-order valence-corrected chi connectivity index (χ1v) is 7.93. The minimum absolute atomic E-state index is 0.536. The fourth-order valence-electron chi connectivity index (χ4n) is 3.65. The van der Waals surface area contributed by atoms with Crippen molar-refractivity contribution in [2.24, 2.45) is 5.92 Å². The number of ether oxygens (including phenoxy) is 1. The molecule has 0 aromatic carbocycles. The number of rotatable bonds is 5. The van der Waals surface area contributed by atoms with Crippen molar-refractivity contribution in [1.29, 1.82) is 0 Å². The summed E-state index contributed by atoms with van der Waals surface area (Å²) in [6.45, 7) is 6.79. The second-order valence-corrected chi connectivity index (χ2v) is 6.38. The van der Waals surface area contributed by atoms with Crippen LogP contribution in [0.3, 0.4) is 0 Å². The third kappa shape index (κ3) is 3.06. The molecule has 3 heteroatoms. The average Bonchev–Trinajstić information content (AvgIpc) is 3.23. The Hall–Kier alpha value is -0.120. The van der Waals surface area contributed by atoms with E-state index in [0.717, 1.165) is 31.7 Å². The van der Waals surface area contributed by atoms with Crippen molar-refractivity contribution in [3.05, 3.63) is 0 Å². The molecule has 3 rings (SSSR count). The van der Waals surface area contributed by atoms with E-state index in [2.05, 4.69) is 17.1 Å². The lowest BCUT2D eigenvalue weighted by atomic mass is 9.90. The summed E-state index contributed by atoms with van der Waals surface area (Å²) >= 11 is 0. The Morgan fingerprint density at radius 1 is 1.22 bits per heavy atom. The van der Waals surface area contributed by atoms with Crippen LogP contribution in [0.25, 0.3) is 0 Å². The van der Waals surface area contributed by atoms with Crippen molar-refractivity contribution in [2.45, 2.75) is 63.6 Å². The molecule has 1 aliphatic heterocycles. The Labute approximate surface area is 111 Å². The van der Waals surface area contributed by atoms with E-state index in [9.17, 15) is 0 Å². The SMILES string of the molecule is CC(NCCN1CCOC2CCCCC21)C1CC1. The molecular formula is C15H28N2O. The molecule has 0 bridgehead atoms. The Kier molecular flexibility index (Phi) is 4.22. The average molecular weight is 252 g/mol.